The maximum Gasteiger partial charge on any atom is 0.294 e. The van der Waals surface area contributed by atoms with Crippen LogP contribution in [-0.4, -0.2) is 57.7 Å². The van der Waals surface area contributed by atoms with E-state index in [0.29, 0.717) is 24.7 Å². The molecule has 3 rings (SSSR count). The van der Waals surface area contributed by atoms with Crippen LogP contribution in [-0.2, 0) is 9.59 Å². The Morgan fingerprint density at radius 3 is 2.81 bits per heavy atom. The Balaban J connectivity index is 1.72. The summed E-state index contributed by atoms with van der Waals surface area (Å²) in [6.45, 7) is 0.216. The predicted molar refractivity (Wildman–Crippen MR) is 100 cm³/mol. The number of aliphatic hydroxyl groups excluding tert-OH is 1. The molecule has 0 bridgehead atoms. The van der Waals surface area contributed by atoms with Gasteiger partial charge in [-0.2, -0.15) is 0 Å². The molecule has 6 nitrogen and oxygen atoms in total. The third-order valence-corrected chi connectivity index (χ3v) is 5.68. The number of carbonyl (C=O) groups excluding carboxylic acids is 3. The van der Waals surface area contributed by atoms with Gasteiger partial charge in [-0.1, -0.05) is 18.2 Å². The number of piperidine rings is 1. The molecule has 1 N–H and O–H groups in total. The number of nitrogens with zero attached hydrogens (tertiary/aromatic N) is 2. The minimum atomic E-state index is -0.586. The van der Waals surface area contributed by atoms with Crippen LogP contribution >= 0.6 is 11.8 Å². The van der Waals surface area contributed by atoms with Gasteiger partial charge in [0.15, 0.2) is 0 Å². The maximum atomic E-state index is 13.8. The van der Waals surface area contributed by atoms with Crippen LogP contribution in [0.5, 0.6) is 0 Å². The summed E-state index contributed by atoms with van der Waals surface area (Å²) < 4.78 is 13.8. The molecule has 3 amide bonds. The maximum absolute atomic E-state index is 13.8. The first kappa shape index (κ1) is 19.6. The molecule has 8 heteroatoms. The molecule has 1 aromatic carbocycles. The number of hydrogen-bond donors (Lipinski definition) is 1. The Morgan fingerprint density at radius 1 is 1.30 bits per heavy atom. The van der Waals surface area contributed by atoms with Gasteiger partial charge in [-0.3, -0.25) is 19.3 Å². The molecule has 2 aliphatic heterocycles. The summed E-state index contributed by atoms with van der Waals surface area (Å²) in [6.07, 6.45) is 4.48. The van der Waals surface area contributed by atoms with Gasteiger partial charge in [0.1, 0.15) is 12.4 Å². The first-order chi connectivity index (χ1) is 13.0. The minimum Gasteiger partial charge on any atom is -0.396 e. The highest BCUT2D eigenvalue weighted by Gasteiger charge is 2.38. The second-order valence-corrected chi connectivity index (χ2v) is 7.53. The van der Waals surface area contributed by atoms with Crippen LogP contribution in [0, 0.1) is 5.82 Å². The minimum absolute atomic E-state index is 0.0125. The summed E-state index contributed by atoms with van der Waals surface area (Å²) in [4.78, 5) is 40.1. The Hall–Kier alpha value is -2.19. The van der Waals surface area contributed by atoms with Crippen molar-refractivity contribution in [2.24, 2.45) is 0 Å². The number of benzene rings is 1. The zero-order valence-corrected chi connectivity index (χ0v) is 15.6. The lowest BCUT2D eigenvalue weighted by atomic mass is 9.99. The lowest BCUT2D eigenvalue weighted by Gasteiger charge is -2.36. The van der Waals surface area contributed by atoms with Crippen molar-refractivity contribution in [1.82, 2.24) is 9.80 Å². The summed E-state index contributed by atoms with van der Waals surface area (Å²) in [6, 6.07) is 5.91. The molecule has 1 atom stereocenters. The highest BCUT2D eigenvalue weighted by atomic mass is 32.2. The number of carbonyl (C=O) groups is 3. The largest absolute Gasteiger partial charge is 0.396 e. The van der Waals surface area contributed by atoms with Crippen LogP contribution in [0.1, 0.15) is 31.2 Å². The molecule has 0 spiro atoms. The Morgan fingerprint density at radius 2 is 2.07 bits per heavy atom. The van der Waals surface area contributed by atoms with Crippen LogP contribution in [0.25, 0.3) is 6.08 Å². The number of likely N-dealkylation sites (tertiary alicyclic amines) is 1. The molecule has 0 radical (unpaired) electrons. The van der Waals surface area contributed by atoms with Crippen molar-refractivity contribution in [2.75, 3.05) is 19.7 Å². The van der Waals surface area contributed by atoms with Crippen molar-refractivity contribution < 1.29 is 23.9 Å². The molecule has 0 aromatic heterocycles. The molecule has 2 heterocycles. The molecule has 0 saturated carbocycles. The molecule has 0 aliphatic carbocycles. The third-order valence-electron chi connectivity index (χ3n) is 4.77. The average Bonchev–Trinajstić information content (AvgIpc) is 2.92. The summed E-state index contributed by atoms with van der Waals surface area (Å²) >= 11 is 0.706. The van der Waals surface area contributed by atoms with Crippen LogP contribution in [0.3, 0.4) is 0 Å². The van der Waals surface area contributed by atoms with E-state index in [0.717, 1.165) is 24.2 Å². The number of aliphatic hydroxyl groups is 1. The number of amides is 3. The second kappa shape index (κ2) is 8.67. The fraction of sp³-hybridized carbons (Fsp3) is 0.421. The normalized spacial score (nSPS) is 22.0. The Bertz CT molecular complexity index is 781. The first-order valence-electron chi connectivity index (χ1n) is 8.91. The molecular formula is C19H21FN2O4S. The van der Waals surface area contributed by atoms with E-state index >= 15 is 0 Å². The molecule has 144 valence electrons. The molecule has 1 aromatic rings. The van der Waals surface area contributed by atoms with Crippen LogP contribution in [0.2, 0.25) is 0 Å². The molecule has 2 aliphatic rings. The fourth-order valence-corrected chi connectivity index (χ4v) is 4.20. The average molecular weight is 392 g/mol. The van der Waals surface area contributed by atoms with Gasteiger partial charge in [-0.15, -0.1) is 0 Å². The van der Waals surface area contributed by atoms with Crippen LogP contribution < -0.4 is 0 Å². The molecule has 27 heavy (non-hydrogen) atoms. The van der Waals surface area contributed by atoms with E-state index in [-0.39, 0.29) is 35.6 Å². The standard InChI is InChI=1S/C19H21FN2O4S/c20-15-7-2-1-5-13(15)11-16-18(25)22(19(26)27-16)12-17(24)21-9-4-3-6-14(21)8-10-23/h1-2,5,7,11,14,23H,3-4,6,8-10,12H2. The summed E-state index contributed by atoms with van der Waals surface area (Å²) in [5, 5.41) is 8.65. The van der Waals surface area contributed by atoms with Crippen LogP contribution in [0.15, 0.2) is 29.2 Å². The van der Waals surface area contributed by atoms with Gasteiger partial charge in [0, 0.05) is 24.8 Å². The van der Waals surface area contributed by atoms with Gasteiger partial charge in [0.05, 0.1) is 4.91 Å². The zero-order valence-electron chi connectivity index (χ0n) is 14.8. The summed E-state index contributed by atoms with van der Waals surface area (Å²) in [5.41, 5.74) is 0.216. The van der Waals surface area contributed by atoms with Gasteiger partial charge in [0.2, 0.25) is 5.91 Å². The van der Waals surface area contributed by atoms with Crippen molar-refractivity contribution in [3.8, 4) is 0 Å². The van der Waals surface area contributed by atoms with Crippen molar-refractivity contribution >= 4 is 34.9 Å². The second-order valence-electron chi connectivity index (χ2n) is 6.54. The van der Waals surface area contributed by atoms with E-state index in [1.165, 1.54) is 18.2 Å². The van der Waals surface area contributed by atoms with Crippen LogP contribution in [0.4, 0.5) is 9.18 Å². The summed E-state index contributed by atoms with van der Waals surface area (Å²) in [7, 11) is 0. The third kappa shape index (κ3) is 4.39. The van der Waals surface area contributed by atoms with Gasteiger partial charge in [-0.05, 0) is 49.6 Å². The monoisotopic (exact) mass is 392 g/mol. The SMILES string of the molecule is O=C1SC(=Cc2ccccc2F)C(=O)N1CC(=O)N1CCCCC1CCO. The number of thioether (sulfide) groups is 1. The van der Waals surface area contributed by atoms with Gasteiger partial charge in [-0.25, -0.2) is 4.39 Å². The fourth-order valence-electron chi connectivity index (χ4n) is 3.37. The van der Waals surface area contributed by atoms with E-state index < -0.39 is 17.0 Å². The predicted octanol–water partition coefficient (Wildman–Crippen LogP) is 2.63. The Labute approximate surface area is 161 Å². The van der Waals surface area contributed by atoms with Crippen molar-refractivity contribution in [1.29, 1.82) is 0 Å². The van der Waals surface area contributed by atoms with E-state index in [4.69, 9.17) is 0 Å². The molecule has 2 saturated heterocycles. The zero-order chi connectivity index (χ0) is 19.4. The lowest BCUT2D eigenvalue weighted by Crippen LogP contribution is -2.49. The van der Waals surface area contributed by atoms with Gasteiger partial charge >= 0.3 is 0 Å². The van der Waals surface area contributed by atoms with E-state index in [9.17, 15) is 23.9 Å². The van der Waals surface area contributed by atoms with E-state index in [1.54, 1.807) is 17.0 Å². The molecular weight excluding hydrogens is 371 g/mol. The number of imide groups is 1. The van der Waals surface area contributed by atoms with Crippen molar-refractivity contribution in [3.63, 3.8) is 0 Å². The number of rotatable bonds is 5. The van der Waals surface area contributed by atoms with Gasteiger partial charge in [0.25, 0.3) is 11.1 Å². The highest BCUT2D eigenvalue weighted by molar-refractivity contribution is 8.18. The lowest BCUT2D eigenvalue weighted by molar-refractivity contribution is -0.139. The molecule has 2 fully saturated rings. The van der Waals surface area contributed by atoms with E-state index in [1.807, 2.05) is 0 Å². The number of halogens is 1. The van der Waals surface area contributed by atoms with Gasteiger partial charge < -0.3 is 10.0 Å². The smallest absolute Gasteiger partial charge is 0.294 e. The first-order valence-corrected chi connectivity index (χ1v) is 9.73. The summed E-state index contributed by atoms with van der Waals surface area (Å²) in [5.74, 6) is -1.37. The Kier molecular flexibility index (Phi) is 6.28. The topological polar surface area (TPSA) is 77.9 Å². The van der Waals surface area contributed by atoms with Crippen molar-refractivity contribution in [3.05, 3.63) is 40.6 Å². The highest BCUT2D eigenvalue weighted by Crippen LogP contribution is 2.33. The quantitative estimate of drug-likeness (QED) is 0.780. The van der Waals surface area contributed by atoms with Crippen molar-refractivity contribution in [2.45, 2.75) is 31.7 Å². The molecule has 1 unspecified atom stereocenters. The number of hydrogen-bond acceptors (Lipinski definition) is 5. The van der Waals surface area contributed by atoms with E-state index in [2.05, 4.69) is 0 Å².